The number of rotatable bonds is 5. The van der Waals surface area contributed by atoms with Crippen LogP contribution in [-0.2, 0) is 7.05 Å². The Morgan fingerprint density at radius 3 is 2.73 bits per heavy atom. The average Bonchev–Trinajstić information content (AvgIpc) is 3.34. The fourth-order valence-corrected chi connectivity index (χ4v) is 6.21. The Kier molecular flexibility index (Phi) is 6.24. The number of nitrogens with zero attached hydrogens (tertiary/aromatic N) is 2. The molecule has 1 aliphatic heterocycles. The van der Waals surface area contributed by atoms with Crippen LogP contribution < -0.4 is 5.73 Å². The van der Waals surface area contributed by atoms with Crippen molar-refractivity contribution in [3.8, 4) is 0 Å². The van der Waals surface area contributed by atoms with Crippen LogP contribution in [0.2, 0.25) is 0 Å². The number of aryl methyl sites for hydroxylation is 1. The number of nitrogens with two attached hydrogens (primary N) is 1. The van der Waals surface area contributed by atoms with E-state index in [4.69, 9.17) is 5.73 Å². The van der Waals surface area contributed by atoms with Gasteiger partial charge >= 0.3 is 0 Å². The molecule has 3 unspecified atom stereocenters. The number of anilines is 1. The lowest BCUT2D eigenvalue weighted by Gasteiger charge is -2.33. The molecule has 0 bridgehead atoms. The molecule has 1 aromatic carbocycles. The number of benzene rings is 1. The zero-order valence-corrected chi connectivity index (χ0v) is 19.5. The largest absolute Gasteiger partial charge is 0.398 e. The van der Waals surface area contributed by atoms with Crippen molar-refractivity contribution in [2.45, 2.75) is 49.7 Å². The molecule has 0 radical (unpaired) electrons. The quantitative estimate of drug-likeness (QED) is 0.478. The van der Waals surface area contributed by atoms with Gasteiger partial charge in [0.25, 0.3) is 0 Å². The third-order valence-electron chi connectivity index (χ3n) is 6.83. The van der Waals surface area contributed by atoms with Gasteiger partial charge < -0.3 is 10.3 Å². The Morgan fingerprint density at radius 1 is 1.27 bits per heavy atom. The Morgan fingerprint density at radius 2 is 2.10 bits per heavy atom. The normalized spacial score (nSPS) is 25.5. The predicted octanol–water partition coefficient (Wildman–Crippen LogP) is 5.96. The molecular weight excluding hydrogens is 386 g/mol. The Labute approximate surface area is 185 Å². The van der Waals surface area contributed by atoms with Gasteiger partial charge in [-0.2, -0.15) is 0 Å². The van der Waals surface area contributed by atoms with Gasteiger partial charge in [-0.25, -0.2) is 4.58 Å². The molecule has 2 aromatic rings. The van der Waals surface area contributed by atoms with Gasteiger partial charge in [-0.1, -0.05) is 26.3 Å². The molecule has 1 aliphatic carbocycles. The van der Waals surface area contributed by atoms with Crippen molar-refractivity contribution in [1.82, 2.24) is 4.57 Å². The van der Waals surface area contributed by atoms with Crippen LogP contribution in [0, 0.1) is 11.8 Å². The number of hydrogen-bond donors (Lipinski definition) is 1. The van der Waals surface area contributed by atoms with E-state index in [2.05, 4.69) is 92.0 Å². The van der Waals surface area contributed by atoms with Crippen LogP contribution in [0.5, 0.6) is 0 Å². The third kappa shape index (κ3) is 4.15. The van der Waals surface area contributed by atoms with Crippen molar-refractivity contribution in [2.24, 2.45) is 18.9 Å². The Bertz CT molecular complexity index is 1010. The first-order valence-electron chi connectivity index (χ1n) is 11.1. The van der Waals surface area contributed by atoms with E-state index in [1.165, 1.54) is 53.1 Å². The first-order chi connectivity index (χ1) is 14.5. The number of hydrogen-bond acceptors (Lipinski definition) is 2. The zero-order chi connectivity index (χ0) is 21.3. The molecule has 1 aromatic heterocycles. The zero-order valence-electron chi connectivity index (χ0n) is 18.6. The van der Waals surface area contributed by atoms with E-state index in [9.17, 15) is 0 Å². The lowest BCUT2D eigenvalue weighted by atomic mass is 9.79. The lowest BCUT2D eigenvalue weighted by molar-refractivity contribution is -0.428. The van der Waals surface area contributed by atoms with E-state index in [1.807, 2.05) is 11.8 Å². The van der Waals surface area contributed by atoms with Crippen molar-refractivity contribution < 1.29 is 4.58 Å². The summed E-state index contributed by atoms with van der Waals surface area (Å²) in [5.74, 6) is 1.71. The fourth-order valence-electron chi connectivity index (χ4n) is 4.91. The minimum Gasteiger partial charge on any atom is -0.398 e. The van der Waals surface area contributed by atoms with Crippen molar-refractivity contribution in [2.75, 3.05) is 12.8 Å². The van der Waals surface area contributed by atoms with E-state index in [0.717, 1.165) is 17.5 Å². The molecule has 3 nitrogen and oxygen atoms in total. The standard InChI is InChI=1S/C26H34N3S/c1-5-19-16-21(12-10-18(19)2)30-25-13-11-20(17-22(25)27)26(23-8-6-14-28(23)3)24-9-7-15-29(24)4/h6-9,11,13-15,17-19,21H,5,10,12,16,27H2,1-4H3/q+1. The molecule has 2 aliphatic rings. The maximum absolute atomic E-state index is 6.61. The van der Waals surface area contributed by atoms with Gasteiger partial charge in [0.1, 0.15) is 7.05 Å². The van der Waals surface area contributed by atoms with Crippen molar-refractivity contribution in [1.29, 1.82) is 0 Å². The summed E-state index contributed by atoms with van der Waals surface area (Å²) in [6.07, 6.45) is 13.7. The molecule has 4 heteroatoms. The summed E-state index contributed by atoms with van der Waals surface area (Å²) in [5.41, 5.74) is 12.3. The van der Waals surface area contributed by atoms with Gasteiger partial charge in [-0.3, -0.25) is 0 Å². The molecule has 1 saturated carbocycles. The van der Waals surface area contributed by atoms with Crippen LogP contribution in [0.3, 0.4) is 0 Å². The highest BCUT2D eigenvalue weighted by molar-refractivity contribution is 8.00. The summed E-state index contributed by atoms with van der Waals surface area (Å²) >= 11 is 1.99. The molecule has 158 valence electrons. The summed E-state index contributed by atoms with van der Waals surface area (Å²) in [4.78, 5) is 1.23. The minimum atomic E-state index is 0.684. The molecule has 1 fully saturated rings. The maximum atomic E-state index is 6.61. The first-order valence-corrected chi connectivity index (χ1v) is 12.0. The van der Waals surface area contributed by atoms with Crippen LogP contribution in [-0.4, -0.2) is 27.7 Å². The van der Waals surface area contributed by atoms with Gasteiger partial charge in [0.15, 0.2) is 6.21 Å². The van der Waals surface area contributed by atoms with Gasteiger partial charge in [0.2, 0.25) is 5.70 Å². The number of aromatic nitrogens is 1. The predicted molar refractivity (Wildman–Crippen MR) is 130 cm³/mol. The second-order valence-corrected chi connectivity index (χ2v) is 10.2. The van der Waals surface area contributed by atoms with Crippen LogP contribution in [0.4, 0.5) is 5.69 Å². The van der Waals surface area contributed by atoms with Gasteiger partial charge in [0.05, 0.1) is 11.3 Å². The van der Waals surface area contributed by atoms with Crippen molar-refractivity contribution >= 4 is 29.2 Å². The topological polar surface area (TPSA) is 34.0 Å². The Balaban J connectivity index is 1.64. The van der Waals surface area contributed by atoms with E-state index in [1.54, 1.807) is 0 Å². The highest BCUT2D eigenvalue weighted by atomic mass is 32.2. The van der Waals surface area contributed by atoms with Gasteiger partial charge in [-0.05, 0) is 60.9 Å². The highest BCUT2D eigenvalue weighted by Gasteiger charge is 2.28. The summed E-state index contributed by atoms with van der Waals surface area (Å²) < 4.78 is 4.35. The molecular formula is C26H34N3S+. The molecule has 0 amide bonds. The monoisotopic (exact) mass is 420 g/mol. The van der Waals surface area contributed by atoms with Crippen LogP contribution in [0.1, 0.15) is 50.8 Å². The van der Waals surface area contributed by atoms with E-state index in [0.29, 0.717) is 5.25 Å². The molecule has 2 N–H and O–H groups in total. The number of thioether (sulfide) groups is 1. The van der Waals surface area contributed by atoms with Crippen LogP contribution >= 0.6 is 11.8 Å². The molecule has 3 atom stereocenters. The molecule has 0 saturated heterocycles. The molecule has 4 rings (SSSR count). The molecule has 0 spiro atoms. The van der Waals surface area contributed by atoms with E-state index >= 15 is 0 Å². The smallest absolute Gasteiger partial charge is 0.215 e. The average molecular weight is 421 g/mol. The summed E-state index contributed by atoms with van der Waals surface area (Å²) in [6.45, 7) is 4.75. The van der Waals surface area contributed by atoms with Crippen molar-refractivity contribution in [3.05, 3.63) is 65.6 Å². The first kappa shape index (κ1) is 21.0. The molecule has 2 heterocycles. The van der Waals surface area contributed by atoms with E-state index in [-0.39, 0.29) is 0 Å². The number of likely N-dealkylation sites (N-methyl/N-ethyl adjacent to an activating group) is 1. The molecule has 30 heavy (non-hydrogen) atoms. The second-order valence-electron chi connectivity index (χ2n) is 8.83. The number of allylic oxidation sites excluding steroid dienone is 2. The second kappa shape index (κ2) is 8.89. The third-order valence-corrected chi connectivity index (χ3v) is 8.22. The summed E-state index contributed by atoms with van der Waals surface area (Å²) in [5, 5.41) is 0.684. The van der Waals surface area contributed by atoms with Gasteiger partial charge in [-0.15, -0.1) is 11.8 Å². The summed E-state index contributed by atoms with van der Waals surface area (Å²) in [6, 6.07) is 10.9. The van der Waals surface area contributed by atoms with Crippen LogP contribution in [0.25, 0.3) is 5.57 Å². The lowest BCUT2D eigenvalue weighted by Crippen LogP contribution is -2.24. The van der Waals surface area contributed by atoms with Crippen LogP contribution in [0.15, 0.2) is 59.3 Å². The highest BCUT2D eigenvalue weighted by Crippen LogP contribution is 2.42. The maximum Gasteiger partial charge on any atom is 0.215 e. The fraction of sp³-hybridized carbons (Fsp3) is 0.423. The van der Waals surface area contributed by atoms with Crippen molar-refractivity contribution in [3.63, 3.8) is 0 Å². The summed E-state index contributed by atoms with van der Waals surface area (Å²) in [7, 11) is 4.19. The Hall–Kier alpha value is -2.20. The minimum absolute atomic E-state index is 0.684. The van der Waals surface area contributed by atoms with Gasteiger partial charge in [0, 0.05) is 41.2 Å². The SMILES string of the molecule is CCC1CC(Sc2ccc(/C(=C3\C=CC=[N+]3C)c3cccn3C)cc2N)CCC1C. The number of nitrogen functional groups attached to an aromatic ring is 1. The van der Waals surface area contributed by atoms with E-state index < -0.39 is 0 Å².